The molecule has 0 saturated carbocycles. The molecule has 0 atom stereocenters. The van der Waals surface area contributed by atoms with Crippen LogP contribution in [0.4, 0.5) is 0 Å². The molecule has 1 aromatic carbocycles. The van der Waals surface area contributed by atoms with Gasteiger partial charge in [-0.25, -0.2) is 0 Å². The van der Waals surface area contributed by atoms with E-state index in [9.17, 15) is 9.59 Å². The molecule has 0 amide bonds. The lowest BCUT2D eigenvalue weighted by Crippen LogP contribution is -2.16. The molecule has 2 rings (SSSR count). The molecule has 0 bridgehead atoms. The second-order valence-electron chi connectivity index (χ2n) is 6.11. The Labute approximate surface area is 172 Å². The second kappa shape index (κ2) is 10.7. The molecule has 0 spiro atoms. The first-order valence-electron chi connectivity index (χ1n) is 8.65. The number of ketones is 1. The molecule has 0 aliphatic carbocycles. The van der Waals surface area contributed by atoms with Crippen LogP contribution in [0.2, 0.25) is 0 Å². The lowest BCUT2D eigenvalue weighted by molar-refractivity contribution is -0.139. The number of benzene rings is 1. The first-order valence-corrected chi connectivity index (χ1v) is 10.4. The van der Waals surface area contributed by atoms with E-state index >= 15 is 0 Å². The van der Waals surface area contributed by atoms with Gasteiger partial charge in [0.05, 0.1) is 5.75 Å². The number of esters is 1. The number of methoxy groups -OCH3 is 1. The predicted octanol–water partition coefficient (Wildman–Crippen LogP) is 4.42. The number of aromatic nitrogens is 1. The standard InChI is InChI=1S/C20H24BrNO4S/c1-14-11-18(15(2)22(14)9-4-10-25-3)19(23)12-26-20(24)13-27-17-7-5-16(21)6-8-17/h5-8,11H,4,9-10,12-13H2,1-3H3. The van der Waals surface area contributed by atoms with Crippen LogP contribution in [0.25, 0.3) is 0 Å². The van der Waals surface area contributed by atoms with E-state index in [1.54, 1.807) is 7.11 Å². The second-order valence-corrected chi connectivity index (χ2v) is 8.07. The summed E-state index contributed by atoms with van der Waals surface area (Å²) in [5, 5.41) is 0. The smallest absolute Gasteiger partial charge is 0.316 e. The van der Waals surface area contributed by atoms with Crippen molar-refractivity contribution in [3.05, 3.63) is 51.8 Å². The van der Waals surface area contributed by atoms with Crippen molar-refractivity contribution in [2.24, 2.45) is 0 Å². The number of aryl methyl sites for hydroxylation is 1. The first kappa shape index (κ1) is 21.7. The molecule has 1 aromatic heterocycles. The van der Waals surface area contributed by atoms with Crippen LogP contribution in [0.15, 0.2) is 39.7 Å². The number of carbonyl (C=O) groups excluding carboxylic acids is 2. The van der Waals surface area contributed by atoms with Crippen LogP contribution in [0.3, 0.4) is 0 Å². The minimum Gasteiger partial charge on any atom is -0.457 e. The fourth-order valence-electron chi connectivity index (χ4n) is 2.73. The summed E-state index contributed by atoms with van der Waals surface area (Å²) in [5.74, 6) is -0.404. The van der Waals surface area contributed by atoms with Gasteiger partial charge in [0, 0.05) is 46.6 Å². The molecular formula is C20H24BrNO4S. The highest BCUT2D eigenvalue weighted by Gasteiger charge is 2.17. The summed E-state index contributed by atoms with van der Waals surface area (Å²) in [4.78, 5) is 25.4. The van der Waals surface area contributed by atoms with Gasteiger partial charge >= 0.3 is 5.97 Å². The number of thioether (sulfide) groups is 1. The summed E-state index contributed by atoms with van der Waals surface area (Å²) in [6.45, 7) is 5.12. The first-order chi connectivity index (χ1) is 12.9. The number of hydrogen-bond acceptors (Lipinski definition) is 5. The van der Waals surface area contributed by atoms with E-state index in [-0.39, 0.29) is 18.1 Å². The molecule has 7 heteroatoms. The molecule has 146 valence electrons. The Morgan fingerprint density at radius 3 is 2.56 bits per heavy atom. The number of carbonyl (C=O) groups is 2. The third-order valence-corrected chi connectivity index (χ3v) is 5.65. The van der Waals surface area contributed by atoms with Gasteiger partial charge in [0.2, 0.25) is 5.78 Å². The van der Waals surface area contributed by atoms with Crippen LogP contribution < -0.4 is 0 Å². The molecule has 27 heavy (non-hydrogen) atoms. The summed E-state index contributed by atoms with van der Waals surface area (Å²) in [7, 11) is 1.67. The van der Waals surface area contributed by atoms with E-state index in [0.717, 1.165) is 33.7 Å². The highest BCUT2D eigenvalue weighted by molar-refractivity contribution is 9.10. The minimum atomic E-state index is -0.398. The van der Waals surface area contributed by atoms with Gasteiger partial charge < -0.3 is 14.0 Å². The highest BCUT2D eigenvalue weighted by Crippen LogP contribution is 2.21. The minimum absolute atomic E-state index is 0.172. The van der Waals surface area contributed by atoms with E-state index < -0.39 is 5.97 Å². The van der Waals surface area contributed by atoms with E-state index in [2.05, 4.69) is 20.5 Å². The molecule has 1 heterocycles. The van der Waals surface area contributed by atoms with E-state index in [1.165, 1.54) is 11.8 Å². The van der Waals surface area contributed by atoms with Gasteiger partial charge in [0.25, 0.3) is 0 Å². The van der Waals surface area contributed by atoms with Crippen molar-refractivity contribution in [1.82, 2.24) is 4.57 Å². The zero-order valence-corrected chi connectivity index (χ0v) is 18.2. The maximum atomic E-state index is 12.4. The fraction of sp³-hybridized carbons (Fsp3) is 0.400. The number of nitrogens with zero attached hydrogens (tertiary/aromatic N) is 1. The Kier molecular flexibility index (Phi) is 8.60. The summed E-state index contributed by atoms with van der Waals surface area (Å²) >= 11 is 4.76. The van der Waals surface area contributed by atoms with Crippen molar-refractivity contribution in [3.63, 3.8) is 0 Å². The molecule has 0 N–H and O–H groups in total. The van der Waals surface area contributed by atoms with Crippen LogP contribution >= 0.6 is 27.7 Å². The quantitative estimate of drug-likeness (QED) is 0.230. The Morgan fingerprint density at radius 2 is 1.89 bits per heavy atom. The van der Waals surface area contributed by atoms with Crippen LogP contribution in [0, 0.1) is 13.8 Å². The number of Topliss-reactive ketones (excluding diaryl/α,β-unsaturated/α-hetero) is 1. The van der Waals surface area contributed by atoms with Crippen molar-refractivity contribution in [2.45, 2.75) is 31.7 Å². The zero-order valence-electron chi connectivity index (χ0n) is 15.8. The SMILES string of the molecule is COCCCn1c(C)cc(C(=O)COC(=O)CSc2ccc(Br)cc2)c1C. The lowest BCUT2D eigenvalue weighted by Gasteiger charge is -2.09. The summed E-state index contributed by atoms with van der Waals surface area (Å²) in [5.41, 5.74) is 2.52. The molecule has 0 fully saturated rings. The molecule has 0 saturated heterocycles. The third kappa shape index (κ3) is 6.52. The van der Waals surface area contributed by atoms with E-state index in [1.807, 2.05) is 44.2 Å². The average molecular weight is 454 g/mol. The van der Waals surface area contributed by atoms with Gasteiger partial charge in [0.1, 0.15) is 0 Å². The Bertz CT molecular complexity index is 786. The monoisotopic (exact) mass is 453 g/mol. The molecule has 0 unspecified atom stereocenters. The number of halogens is 1. The summed E-state index contributed by atoms with van der Waals surface area (Å²) in [6, 6.07) is 9.53. The van der Waals surface area contributed by atoms with E-state index in [4.69, 9.17) is 9.47 Å². The molecule has 5 nitrogen and oxygen atoms in total. The number of hydrogen-bond donors (Lipinski definition) is 0. The Morgan fingerprint density at radius 1 is 1.19 bits per heavy atom. The van der Waals surface area contributed by atoms with Gasteiger partial charge in [-0.15, -0.1) is 11.8 Å². The van der Waals surface area contributed by atoms with Crippen LogP contribution in [0.1, 0.15) is 28.2 Å². The van der Waals surface area contributed by atoms with Crippen molar-refractivity contribution in [1.29, 1.82) is 0 Å². The van der Waals surface area contributed by atoms with Crippen molar-refractivity contribution in [2.75, 3.05) is 26.1 Å². The van der Waals surface area contributed by atoms with Gasteiger partial charge in [-0.05, 0) is 50.6 Å². The van der Waals surface area contributed by atoms with Crippen LogP contribution in [0.5, 0.6) is 0 Å². The van der Waals surface area contributed by atoms with Gasteiger partial charge in [0.15, 0.2) is 6.61 Å². The Hall–Kier alpha value is -1.57. The summed E-state index contributed by atoms with van der Waals surface area (Å²) < 4.78 is 13.3. The van der Waals surface area contributed by atoms with Crippen molar-refractivity contribution >= 4 is 39.4 Å². The predicted molar refractivity (Wildman–Crippen MR) is 111 cm³/mol. The maximum Gasteiger partial charge on any atom is 0.316 e. The fourth-order valence-corrected chi connectivity index (χ4v) is 3.69. The molecule has 0 aliphatic heterocycles. The normalized spacial score (nSPS) is 10.8. The van der Waals surface area contributed by atoms with Crippen LogP contribution in [-0.2, 0) is 20.8 Å². The maximum absolute atomic E-state index is 12.4. The molecular weight excluding hydrogens is 430 g/mol. The zero-order chi connectivity index (χ0) is 19.8. The lowest BCUT2D eigenvalue weighted by atomic mass is 10.1. The topological polar surface area (TPSA) is 57.5 Å². The highest BCUT2D eigenvalue weighted by atomic mass is 79.9. The van der Waals surface area contributed by atoms with Crippen molar-refractivity contribution < 1.29 is 19.1 Å². The third-order valence-electron chi connectivity index (χ3n) is 4.14. The van der Waals surface area contributed by atoms with Crippen molar-refractivity contribution in [3.8, 4) is 0 Å². The number of ether oxygens (including phenoxy) is 2. The van der Waals surface area contributed by atoms with E-state index in [0.29, 0.717) is 12.2 Å². The molecule has 0 aliphatic rings. The number of rotatable bonds is 10. The molecule has 2 aromatic rings. The van der Waals surface area contributed by atoms with Gasteiger partial charge in [-0.1, -0.05) is 15.9 Å². The largest absolute Gasteiger partial charge is 0.457 e. The Balaban J connectivity index is 1.85. The molecule has 0 radical (unpaired) electrons. The summed E-state index contributed by atoms with van der Waals surface area (Å²) in [6.07, 6.45) is 0.878. The van der Waals surface area contributed by atoms with Gasteiger partial charge in [-0.3, -0.25) is 9.59 Å². The average Bonchev–Trinajstić information content (AvgIpc) is 2.94. The van der Waals surface area contributed by atoms with Crippen LogP contribution in [-0.4, -0.2) is 42.4 Å². The van der Waals surface area contributed by atoms with Gasteiger partial charge in [-0.2, -0.15) is 0 Å².